The first-order valence-corrected chi connectivity index (χ1v) is 7.32. The van der Waals surface area contributed by atoms with Gasteiger partial charge in [-0.25, -0.2) is 9.79 Å². The Bertz CT molecular complexity index is 534. The Hall–Kier alpha value is -1.31. The first-order chi connectivity index (χ1) is 10.1. The van der Waals surface area contributed by atoms with Crippen molar-refractivity contribution in [2.75, 3.05) is 20.2 Å². The average molecular weight is 417 g/mol. The Kier molecular flexibility index (Phi) is 7.64. The number of esters is 1. The number of carbonyl (C=O) groups excluding carboxylic acids is 1. The van der Waals surface area contributed by atoms with Crippen LogP contribution in [0.1, 0.15) is 35.7 Å². The summed E-state index contributed by atoms with van der Waals surface area (Å²) in [4.78, 5) is 18.1. The minimum Gasteiger partial charge on any atom is -0.465 e. The molecule has 0 spiro atoms. The van der Waals surface area contributed by atoms with Crippen molar-refractivity contribution in [1.82, 2.24) is 4.90 Å². The van der Waals surface area contributed by atoms with Crippen LogP contribution in [0.3, 0.4) is 0 Å². The molecule has 1 atom stereocenters. The number of nitrogens with two attached hydrogens (primary N) is 1. The fourth-order valence-corrected chi connectivity index (χ4v) is 2.58. The average Bonchev–Trinajstić information content (AvgIpc) is 2.52. The molecular weight excluding hydrogens is 393 g/mol. The van der Waals surface area contributed by atoms with Crippen LogP contribution in [-0.4, -0.2) is 37.0 Å². The molecule has 0 radical (unpaired) electrons. The van der Waals surface area contributed by atoms with Gasteiger partial charge in [0.1, 0.15) is 0 Å². The first-order valence-electron chi connectivity index (χ1n) is 7.32. The van der Waals surface area contributed by atoms with Gasteiger partial charge in [-0.2, -0.15) is 0 Å². The van der Waals surface area contributed by atoms with Crippen LogP contribution in [0.5, 0.6) is 0 Å². The lowest BCUT2D eigenvalue weighted by molar-refractivity contribution is 0.0600. The lowest BCUT2D eigenvalue weighted by atomic mass is 10.0. The van der Waals surface area contributed by atoms with Gasteiger partial charge in [-0.3, -0.25) is 0 Å². The predicted octanol–water partition coefficient (Wildman–Crippen LogP) is 2.64. The molecule has 1 fully saturated rings. The number of carbonyl (C=O) groups is 1. The smallest absolute Gasteiger partial charge is 0.337 e. The highest BCUT2D eigenvalue weighted by molar-refractivity contribution is 14.0. The van der Waals surface area contributed by atoms with E-state index in [0.717, 1.165) is 25.1 Å². The molecule has 1 aliphatic rings. The summed E-state index contributed by atoms with van der Waals surface area (Å²) in [5.74, 6) is 0.916. The van der Waals surface area contributed by atoms with E-state index in [1.54, 1.807) is 12.1 Å². The number of halogens is 1. The Balaban J connectivity index is 0.00000242. The molecule has 22 heavy (non-hydrogen) atoms. The van der Waals surface area contributed by atoms with Gasteiger partial charge in [0.2, 0.25) is 0 Å². The number of hydrogen-bond acceptors (Lipinski definition) is 3. The number of aliphatic imine (C=N–C) groups is 1. The maximum atomic E-state index is 11.5. The summed E-state index contributed by atoms with van der Waals surface area (Å²) < 4.78 is 4.72. The van der Waals surface area contributed by atoms with Crippen molar-refractivity contribution in [1.29, 1.82) is 0 Å². The zero-order chi connectivity index (χ0) is 15.2. The maximum Gasteiger partial charge on any atom is 0.337 e. The zero-order valence-corrected chi connectivity index (χ0v) is 15.4. The molecule has 0 amide bonds. The molecular formula is C16H24IN3O2. The van der Waals surface area contributed by atoms with Crippen LogP contribution < -0.4 is 5.73 Å². The number of methoxy groups -OCH3 is 1. The number of ether oxygens (including phenoxy) is 1. The molecule has 0 bridgehead atoms. The van der Waals surface area contributed by atoms with Crippen molar-refractivity contribution in [3.8, 4) is 0 Å². The molecule has 1 aliphatic heterocycles. The second-order valence-corrected chi connectivity index (χ2v) is 5.56. The van der Waals surface area contributed by atoms with Gasteiger partial charge in [0.05, 0.1) is 19.2 Å². The molecule has 5 nitrogen and oxygen atoms in total. The molecule has 1 heterocycles. The van der Waals surface area contributed by atoms with E-state index in [-0.39, 0.29) is 29.9 Å². The van der Waals surface area contributed by atoms with Gasteiger partial charge in [0.25, 0.3) is 0 Å². The third kappa shape index (κ3) is 5.15. The van der Waals surface area contributed by atoms with Gasteiger partial charge < -0.3 is 15.4 Å². The van der Waals surface area contributed by atoms with Crippen molar-refractivity contribution < 1.29 is 9.53 Å². The highest BCUT2D eigenvalue weighted by Gasteiger charge is 2.17. The number of benzene rings is 1. The predicted molar refractivity (Wildman–Crippen MR) is 98.5 cm³/mol. The number of hydrogen-bond donors (Lipinski definition) is 1. The largest absolute Gasteiger partial charge is 0.465 e. The minimum atomic E-state index is -0.335. The molecule has 0 saturated carbocycles. The third-order valence-electron chi connectivity index (χ3n) is 3.75. The SMILES string of the molecule is COC(=O)c1cccc(CN=C(N)N2CCCC(C)C2)c1.I. The highest BCUT2D eigenvalue weighted by Crippen LogP contribution is 2.15. The van der Waals surface area contributed by atoms with Crippen LogP contribution in [0.4, 0.5) is 0 Å². The summed E-state index contributed by atoms with van der Waals surface area (Å²) in [7, 11) is 1.38. The van der Waals surface area contributed by atoms with Gasteiger partial charge in [0.15, 0.2) is 5.96 Å². The summed E-state index contributed by atoms with van der Waals surface area (Å²) in [5, 5.41) is 0. The molecule has 1 saturated heterocycles. The second kappa shape index (κ2) is 8.97. The van der Waals surface area contributed by atoms with E-state index in [0.29, 0.717) is 24.0 Å². The molecule has 0 aromatic heterocycles. The van der Waals surface area contributed by atoms with Crippen molar-refractivity contribution in [3.05, 3.63) is 35.4 Å². The van der Waals surface area contributed by atoms with Gasteiger partial charge in [-0.15, -0.1) is 24.0 Å². The Morgan fingerprint density at radius 2 is 2.27 bits per heavy atom. The molecule has 2 rings (SSSR count). The standard InChI is InChI=1S/C16H23N3O2.HI/c1-12-5-4-8-19(11-12)16(17)18-10-13-6-3-7-14(9-13)15(20)21-2;/h3,6-7,9,12H,4-5,8,10-11H2,1-2H3,(H2,17,18);1H. The van der Waals surface area contributed by atoms with Crippen LogP contribution >= 0.6 is 24.0 Å². The van der Waals surface area contributed by atoms with E-state index in [9.17, 15) is 4.79 Å². The highest BCUT2D eigenvalue weighted by atomic mass is 127. The molecule has 122 valence electrons. The Labute approximate surface area is 148 Å². The summed E-state index contributed by atoms with van der Waals surface area (Å²) in [5.41, 5.74) is 7.55. The van der Waals surface area contributed by atoms with E-state index in [1.165, 1.54) is 13.5 Å². The fraction of sp³-hybridized carbons (Fsp3) is 0.500. The fourth-order valence-electron chi connectivity index (χ4n) is 2.58. The van der Waals surface area contributed by atoms with Gasteiger partial charge in [-0.05, 0) is 36.5 Å². The van der Waals surface area contributed by atoms with Crippen molar-refractivity contribution in [2.24, 2.45) is 16.6 Å². The van der Waals surface area contributed by atoms with E-state index in [1.807, 2.05) is 12.1 Å². The molecule has 1 aromatic rings. The van der Waals surface area contributed by atoms with Gasteiger partial charge in [0, 0.05) is 13.1 Å². The second-order valence-electron chi connectivity index (χ2n) is 5.56. The van der Waals surface area contributed by atoms with Crippen LogP contribution in [0.25, 0.3) is 0 Å². The topological polar surface area (TPSA) is 67.9 Å². The number of guanidine groups is 1. The van der Waals surface area contributed by atoms with Crippen LogP contribution in [-0.2, 0) is 11.3 Å². The molecule has 0 aliphatic carbocycles. The monoisotopic (exact) mass is 417 g/mol. The van der Waals surface area contributed by atoms with Crippen LogP contribution in [0.15, 0.2) is 29.3 Å². The molecule has 1 aromatic carbocycles. The van der Waals surface area contributed by atoms with Crippen LogP contribution in [0.2, 0.25) is 0 Å². The van der Waals surface area contributed by atoms with E-state index < -0.39 is 0 Å². The molecule has 2 N–H and O–H groups in total. The third-order valence-corrected chi connectivity index (χ3v) is 3.75. The Morgan fingerprint density at radius 3 is 2.95 bits per heavy atom. The van der Waals surface area contributed by atoms with Crippen molar-refractivity contribution >= 4 is 35.9 Å². The van der Waals surface area contributed by atoms with Crippen molar-refractivity contribution in [2.45, 2.75) is 26.3 Å². The van der Waals surface area contributed by atoms with Gasteiger partial charge >= 0.3 is 5.97 Å². The van der Waals surface area contributed by atoms with Crippen molar-refractivity contribution in [3.63, 3.8) is 0 Å². The van der Waals surface area contributed by atoms with Crippen LogP contribution in [0, 0.1) is 5.92 Å². The quantitative estimate of drug-likeness (QED) is 0.356. The van der Waals surface area contributed by atoms with E-state index in [2.05, 4.69) is 16.8 Å². The maximum absolute atomic E-state index is 11.5. The summed E-state index contributed by atoms with van der Waals surface area (Å²) in [6, 6.07) is 7.29. The molecule has 6 heteroatoms. The first kappa shape index (κ1) is 18.7. The number of piperidine rings is 1. The number of nitrogens with zero attached hydrogens (tertiary/aromatic N) is 2. The lowest BCUT2D eigenvalue weighted by Gasteiger charge is -2.31. The summed E-state index contributed by atoms with van der Waals surface area (Å²) in [6.07, 6.45) is 2.42. The van der Waals surface area contributed by atoms with Gasteiger partial charge in [-0.1, -0.05) is 19.1 Å². The number of likely N-dealkylation sites (tertiary alicyclic amines) is 1. The summed E-state index contributed by atoms with van der Waals surface area (Å²) >= 11 is 0. The van der Waals surface area contributed by atoms with E-state index >= 15 is 0 Å². The zero-order valence-electron chi connectivity index (χ0n) is 13.1. The normalized spacial score (nSPS) is 18.5. The van der Waals surface area contributed by atoms with E-state index in [4.69, 9.17) is 10.5 Å². The summed E-state index contributed by atoms with van der Waals surface area (Å²) in [6.45, 7) is 4.65. The lowest BCUT2D eigenvalue weighted by Crippen LogP contribution is -2.43. The molecule has 1 unspecified atom stereocenters. The Morgan fingerprint density at radius 1 is 1.50 bits per heavy atom. The minimum absolute atomic E-state index is 0. The number of rotatable bonds is 3.